The minimum absolute atomic E-state index is 0.0589. The smallest absolute Gasteiger partial charge is 0.177 e. The van der Waals surface area contributed by atoms with Crippen molar-refractivity contribution in [3.63, 3.8) is 0 Å². The predicted octanol–water partition coefficient (Wildman–Crippen LogP) is 3.13. The molecule has 0 spiro atoms. The minimum atomic E-state index is -0.441. The molecule has 21 heavy (non-hydrogen) atoms. The first-order chi connectivity index (χ1) is 10.1. The third kappa shape index (κ3) is 3.92. The molecule has 0 amide bonds. The van der Waals surface area contributed by atoms with Gasteiger partial charge in [-0.15, -0.1) is 0 Å². The van der Waals surface area contributed by atoms with Crippen molar-refractivity contribution in [3.8, 4) is 11.5 Å². The highest BCUT2D eigenvalue weighted by Crippen LogP contribution is 2.29. The molecule has 0 radical (unpaired) electrons. The maximum absolute atomic E-state index is 12.0. The lowest BCUT2D eigenvalue weighted by molar-refractivity contribution is -0.116. The Hall–Kier alpha value is -2.62. The van der Waals surface area contributed by atoms with Gasteiger partial charge in [-0.25, -0.2) is 0 Å². The molecule has 0 aliphatic rings. The number of phenols is 1. The molecule has 0 saturated heterocycles. The van der Waals surface area contributed by atoms with Crippen molar-refractivity contribution in [2.45, 2.75) is 20.0 Å². The van der Waals surface area contributed by atoms with Gasteiger partial charge < -0.3 is 9.84 Å². The van der Waals surface area contributed by atoms with Gasteiger partial charge in [0.1, 0.15) is 29.5 Å². The summed E-state index contributed by atoms with van der Waals surface area (Å²) in [5.41, 5.74) is 1.01. The van der Waals surface area contributed by atoms with E-state index in [1.54, 1.807) is 12.1 Å². The lowest BCUT2D eigenvalue weighted by Gasteiger charge is -2.12. The van der Waals surface area contributed by atoms with Crippen LogP contribution in [0.1, 0.15) is 29.3 Å². The van der Waals surface area contributed by atoms with E-state index in [4.69, 9.17) is 4.74 Å². The van der Waals surface area contributed by atoms with Gasteiger partial charge >= 0.3 is 0 Å². The van der Waals surface area contributed by atoms with E-state index in [-0.39, 0.29) is 35.9 Å². The van der Waals surface area contributed by atoms with Crippen LogP contribution in [0.4, 0.5) is 0 Å². The van der Waals surface area contributed by atoms with Crippen LogP contribution in [0.2, 0.25) is 0 Å². The molecule has 2 aromatic rings. The highest BCUT2D eigenvalue weighted by Gasteiger charge is 2.18. The molecule has 4 nitrogen and oxygen atoms in total. The van der Waals surface area contributed by atoms with Crippen LogP contribution in [-0.4, -0.2) is 16.7 Å². The number of ketones is 2. The molecule has 0 aliphatic carbocycles. The fourth-order valence-corrected chi connectivity index (χ4v) is 1.97. The average molecular weight is 284 g/mol. The van der Waals surface area contributed by atoms with E-state index in [2.05, 4.69) is 0 Å². The van der Waals surface area contributed by atoms with Crippen molar-refractivity contribution < 1.29 is 19.4 Å². The summed E-state index contributed by atoms with van der Waals surface area (Å²) in [6.07, 6.45) is -0.251. The van der Waals surface area contributed by atoms with Gasteiger partial charge in [-0.2, -0.15) is 0 Å². The summed E-state index contributed by atoms with van der Waals surface area (Å²) >= 11 is 0. The van der Waals surface area contributed by atoms with Gasteiger partial charge in [-0.05, 0) is 24.6 Å². The Morgan fingerprint density at radius 3 is 2.43 bits per heavy atom. The Kier molecular flexibility index (Phi) is 4.72. The third-order valence-corrected chi connectivity index (χ3v) is 2.93. The van der Waals surface area contributed by atoms with Crippen LogP contribution in [0.3, 0.4) is 0 Å². The molecule has 0 aromatic heterocycles. The molecule has 0 bridgehead atoms. The number of hydrogen-bond acceptors (Lipinski definition) is 4. The van der Waals surface area contributed by atoms with Crippen molar-refractivity contribution in [2.24, 2.45) is 0 Å². The van der Waals surface area contributed by atoms with Gasteiger partial charge in [-0.3, -0.25) is 9.59 Å². The topological polar surface area (TPSA) is 63.6 Å². The van der Waals surface area contributed by atoms with Crippen LogP contribution in [0.15, 0.2) is 48.5 Å². The number of phenolic OH excluding ortho intramolecular Hbond substituents is 1. The molecular formula is C17H16O4. The second kappa shape index (κ2) is 6.70. The summed E-state index contributed by atoms with van der Waals surface area (Å²) in [4.78, 5) is 23.1. The Bertz CT molecular complexity index is 647. The number of aromatic hydroxyl groups is 1. The van der Waals surface area contributed by atoms with Gasteiger partial charge in [0, 0.05) is 0 Å². The van der Waals surface area contributed by atoms with E-state index in [0.29, 0.717) is 0 Å². The summed E-state index contributed by atoms with van der Waals surface area (Å²) in [6, 6.07) is 14.1. The van der Waals surface area contributed by atoms with E-state index in [1.807, 2.05) is 30.3 Å². The summed E-state index contributed by atoms with van der Waals surface area (Å²) in [5, 5.41) is 9.86. The molecule has 0 fully saturated rings. The third-order valence-electron chi connectivity index (χ3n) is 2.93. The molecular weight excluding hydrogens is 268 g/mol. The van der Waals surface area contributed by atoms with Gasteiger partial charge in [-0.1, -0.05) is 36.4 Å². The van der Waals surface area contributed by atoms with Gasteiger partial charge in [0.15, 0.2) is 5.78 Å². The summed E-state index contributed by atoms with van der Waals surface area (Å²) < 4.78 is 5.61. The second-order valence-electron chi connectivity index (χ2n) is 4.73. The lowest BCUT2D eigenvalue weighted by atomic mass is 10.0. The maximum atomic E-state index is 12.0. The Morgan fingerprint density at radius 1 is 1.05 bits per heavy atom. The fourth-order valence-electron chi connectivity index (χ4n) is 1.97. The number of carbonyl (C=O) groups excluding carboxylic acids is 2. The quantitative estimate of drug-likeness (QED) is 0.654. The first-order valence-corrected chi connectivity index (χ1v) is 6.59. The number of hydrogen-bond donors (Lipinski definition) is 1. The summed E-state index contributed by atoms with van der Waals surface area (Å²) in [7, 11) is 0. The Morgan fingerprint density at radius 2 is 1.76 bits per heavy atom. The molecule has 108 valence electrons. The molecule has 2 aromatic carbocycles. The minimum Gasteiger partial charge on any atom is -0.507 e. The van der Waals surface area contributed by atoms with E-state index in [0.717, 1.165) is 5.56 Å². The molecule has 0 aliphatic heterocycles. The Balaban J connectivity index is 2.21. The van der Waals surface area contributed by atoms with Crippen LogP contribution in [-0.2, 0) is 11.4 Å². The molecule has 1 N–H and O–H groups in total. The molecule has 2 rings (SSSR count). The zero-order valence-electron chi connectivity index (χ0n) is 11.7. The largest absolute Gasteiger partial charge is 0.507 e. The number of carbonyl (C=O) groups is 2. The van der Waals surface area contributed by atoms with Crippen LogP contribution >= 0.6 is 0 Å². The highest BCUT2D eigenvalue weighted by atomic mass is 16.5. The van der Waals surface area contributed by atoms with Crippen molar-refractivity contribution in [1.29, 1.82) is 0 Å². The normalized spacial score (nSPS) is 10.1. The maximum Gasteiger partial charge on any atom is 0.177 e. The number of ether oxygens (including phenoxy) is 1. The zero-order valence-corrected chi connectivity index (χ0v) is 11.7. The van der Waals surface area contributed by atoms with Gasteiger partial charge in [0.2, 0.25) is 0 Å². The van der Waals surface area contributed by atoms with E-state index in [9.17, 15) is 14.7 Å². The first-order valence-electron chi connectivity index (χ1n) is 6.59. The standard InChI is InChI=1S/C17H16O4/c1-12(18)10-15(20)17-14(19)8-5-9-16(17)21-11-13-6-3-2-4-7-13/h2-9,19H,10-11H2,1H3. The lowest BCUT2D eigenvalue weighted by Crippen LogP contribution is -2.08. The van der Waals surface area contributed by atoms with Crippen molar-refractivity contribution in [3.05, 3.63) is 59.7 Å². The van der Waals surface area contributed by atoms with E-state index >= 15 is 0 Å². The zero-order chi connectivity index (χ0) is 15.2. The highest BCUT2D eigenvalue weighted by molar-refractivity contribution is 6.10. The van der Waals surface area contributed by atoms with Gasteiger partial charge in [0.25, 0.3) is 0 Å². The van der Waals surface area contributed by atoms with E-state index < -0.39 is 5.78 Å². The van der Waals surface area contributed by atoms with Gasteiger partial charge in [0.05, 0.1) is 6.42 Å². The number of Topliss-reactive ketones (excluding diaryl/α,β-unsaturated/α-hetero) is 2. The van der Waals surface area contributed by atoms with Crippen LogP contribution < -0.4 is 4.74 Å². The van der Waals surface area contributed by atoms with Crippen molar-refractivity contribution in [2.75, 3.05) is 0 Å². The number of benzene rings is 2. The monoisotopic (exact) mass is 284 g/mol. The van der Waals surface area contributed by atoms with Crippen molar-refractivity contribution >= 4 is 11.6 Å². The first kappa shape index (κ1) is 14.8. The van der Waals surface area contributed by atoms with Crippen LogP contribution in [0.5, 0.6) is 11.5 Å². The molecule has 4 heteroatoms. The summed E-state index contributed by atoms with van der Waals surface area (Å²) in [5.74, 6) is -0.585. The van der Waals surface area contributed by atoms with Crippen LogP contribution in [0.25, 0.3) is 0 Å². The number of rotatable bonds is 6. The SMILES string of the molecule is CC(=O)CC(=O)c1c(O)cccc1OCc1ccccc1. The second-order valence-corrected chi connectivity index (χ2v) is 4.73. The molecule has 0 atom stereocenters. The van der Waals surface area contributed by atoms with Crippen LogP contribution in [0, 0.1) is 0 Å². The molecule has 0 saturated carbocycles. The fraction of sp³-hybridized carbons (Fsp3) is 0.176. The molecule has 0 unspecified atom stereocenters. The van der Waals surface area contributed by atoms with Crippen molar-refractivity contribution in [1.82, 2.24) is 0 Å². The van der Waals surface area contributed by atoms with E-state index in [1.165, 1.54) is 13.0 Å². The predicted molar refractivity (Wildman–Crippen MR) is 78.5 cm³/mol. The average Bonchev–Trinajstić information content (AvgIpc) is 2.45. The molecule has 0 heterocycles. The Labute approximate surface area is 123 Å². The summed E-state index contributed by atoms with van der Waals surface area (Å²) in [6.45, 7) is 1.62.